The molecule has 98 valence electrons. The van der Waals surface area contributed by atoms with E-state index in [1.54, 1.807) is 7.11 Å². The molecular formula is C12H23N3O2. The Labute approximate surface area is 103 Å². The van der Waals surface area contributed by atoms with Gasteiger partial charge in [-0.05, 0) is 18.8 Å². The van der Waals surface area contributed by atoms with E-state index in [0.29, 0.717) is 0 Å². The molecule has 1 saturated heterocycles. The smallest absolute Gasteiger partial charge is 0.253 e. The molecule has 0 aromatic heterocycles. The highest BCUT2D eigenvalue weighted by Gasteiger charge is 2.29. The quantitative estimate of drug-likeness (QED) is 0.706. The lowest BCUT2D eigenvalue weighted by atomic mass is 10.2. The maximum absolute atomic E-state index is 12.0. The van der Waals surface area contributed by atoms with Crippen molar-refractivity contribution in [2.24, 2.45) is 11.7 Å². The van der Waals surface area contributed by atoms with Gasteiger partial charge in [0.15, 0.2) is 0 Å². The second-order valence-corrected chi connectivity index (χ2v) is 5.03. The van der Waals surface area contributed by atoms with Gasteiger partial charge in [-0.15, -0.1) is 0 Å². The summed E-state index contributed by atoms with van der Waals surface area (Å²) in [6.07, 6.45) is 2.31. The Kier molecular flexibility index (Phi) is 4.36. The molecular weight excluding hydrogens is 218 g/mol. The zero-order valence-electron chi connectivity index (χ0n) is 10.6. The summed E-state index contributed by atoms with van der Waals surface area (Å²) >= 11 is 0. The number of carbonyl (C=O) groups excluding carboxylic acids is 1. The van der Waals surface area contributed by atoms with Gasteiger partial charge in [0.1, 0.15) is 6.10 Å². The van der Waals surface area contributed by atoms with E-state index < -0.39 is 6.10 Å². The number of hydrogen-bond acceptors (Lipinski definition) is 4. The maximum Gasteiger partial charge on any atom is 0.253 e. The van der Waals surface area contributed by atoms with Crippen LogP contribution < -0.4 is 5.73 Å². The van der Waals surface area contributed by atoms with Gasteiger partial charge in [-0.2, -0.15) is 0 Å². The summed E-state index contributed by atoms with van der Waals surface area (Å²) in [5, 5.41) is 0. The molecule has 5 nitrogen and oxygen atoms in total. The summed E-state index contributed by atoms with van der Waals surface area (Å²) in [4.78, 5) is 16.3. The van der Waals surface area contributed by atoms with Crippen LogP contribution in [0.25, 0.3) is 0 Å². The molecule has 1 aliphatic carbocycles. The Morgan fingerprint density at radius 2 is 2.00 bits per heavy atom. The van der Waals surface area contributed by atoms with Crippen LogP contribution >= 0.6 is 0 Å². The lowest BCUT2D eigenvalue weighted by Gasteiger charge is -2.36. The van der Waals surface area contributed by atoms with E-state index in [2.05, 4.69) is 4.90 Å². The third-order valence-electron chi connectivity index (χ3n) is 3.67. The van der Waals surface area contributed by atoms with E-state index in [0.717, 1.165) is 32.1 Å². The molecule has 0 spiro atoms. The molecule has 5 heteroatoms. The Morgan fingerprint density at radius 3 is 2.47 bits per heavy atom. The third-order valence-corrected chi connectivity index (χ3v) is 3.67. The lowest BCUT2D eigenvalue weighted by molar-refractivity contribution is -0.143. The van der Waals surface area contributed by atoms with Crippen molar-refractivity contribution >= 4 is 5.91 Å². The Morgan fingerprint density at radius 1 is 1.35 bits per heavy atom. The molecule has 0 aromatic carbocycles. The molecule has 1 atom stereocenters. The van der Waals surface area contributed by atoms with E-state index in [4.69, 9.17) is 10.5 Å². The average molecular weight is 241 g/mol. The van der Waals surface area contributed by atoms with Gasteiger partial charge < -0.3 is 15.4 Å². The predicted molar refractivity (Wildman–Crippen MR) is 65.6 cm³/mol. The highest BCUT2D eigenvalue weighted by Crippen LogP contribution is 2.29. The van der Waals surface area contributed by atoms with Crippen LogP contribution in [0, 0.1) is 5.92 Å². The van der Waals surface area contributed by atoms with Crippen LogP contribution in [0.1, 0.15) is 12.8 Å². The number of nitrogens with two attached hydrogens (primary N) is 1. The Hall–Kier alpha value is -0.650. The molecule has 0 bridgehead atoms. The van der Waals surface area contributed by atoms with Gasteiger partial charge in [0.25, 0.3) is 5.91 Å². The first-order valence-corrected chi connectivity index (χ1v) is 6.48. The first kappa shape index (κ1) is 12.8. The molecule has 1 heterocycles. The standard InChI is InChI=1S/C12H23N3O2/c1-17-11(8-13)12(16)15-6-4-14(5-7-15)9-10-2-3-10/h10-11H,2-9,13H2,1H3. The molecule has 0 radical (unpaired) electrons. The van der Waals surface area contributed by atoms with Crippen LogP contribution in [-0.2, 0) is 9.53 Å². The topological polar surface area (TPSA) is 58.8 Å². The van der Waals surface area contributed by atoms with Crippen LogP contribution in [0.4, 0.5) is 0 Å². The fraction of sp³-hybridized carbons (Fsp3) is 0.917. The molecule has 0 aromatic rings. The second kappa shape index (κ2) is 5.80. The first-order chi connectivity index (χ1) is 8.24. The van der Waals surface area contributed by atoms with Crippen LogP contribution in [0.2, 0.25) is 0 Å². The minimum absolute atomic E-state index is 0.0427. The van der Waals surface area contributed by atoms with Crippen LogP contribution in [0.3, 0.4) is 0 Å². The number of piperazine rings is 1. The normalized spacial score (nSPS) is 23.8. The van der Waals surface area contributed by atoms with Crippen molar-refractivity contribution in [2.45, 2.75) is 18.9 Å². The van der Waals surface area contributed by atoms with E-state index in [-0.39, 0.29) is 12.5 Å². The van der Waals surface area contributed by atoms with Crippen LogP contribution in [0.5, 0.6) is 0 Å². The molecule has 1 saturated carbocycles. The zero-order valence-corrected chi connectivity index (χ0v) is 10.6. The summed E-state index contributed by atoms with van der Waals surface area (Å²) < 4.78 is 5.09. The molecule has 2 rings (SSSR count). The lowest BCUT2D eigenvalue weighted by Crippen LogP contribution is -2.53. The third kappa shape index (κ3) is 3.40. The molecule has 1 unspecified atom stereocenters. The van der Waals surface area contributed by atoms with Crippen molar-refractivity contribution in [3.8, 4) is 0 Å². The molecule has 2 N–H and O–H groups in total. The first-order valence-electron chi connectivity index (χ1n) is 6.48. The van der Waals surface area contributed by atoms with Gasteiger partial charge in [-0.1, -0.05) is 0 Å². The molecule has 1 amide bonds. The van der Waals surface area contributed by atoms with Crippen molar-refractivity contribution in [1.29, 1.82) is 0 Å². The maximum atomic E-state index is 12.0. The number of ether oxygens (including phenoxy) is 1. The van der Waals surface area contributed by atoms with Gasteiger partial charge in [-0.25, -0.2) is 0 Å². The van der Waals surface area contributed by atoms with Gasteiger partial charge in [-0.3, -0.25) is 9.69 Å². The summed E-state index contributed by atoms with van der Waals surface area (Å²) in [6.45, 7) is 5.08. The highest BCUT2D eigenvalue weighted by atomic mass is 16.5. The van der Waals surface area contributed by atoms with Crippen LogP contribution in [0.15, 0.2) is 0 Å². The van der Waals surface area contributed by atoms with Crippen molar-refractivity contribution < 1.29 is 9.53 Å². The molecule has 2 fully saturated rings. The number of carbonyl (C=O) groups is 1. The van der Waals surface area contributed by atoms with Gasteiger partial charge in [0.2, 0.25) is 0 Å². The van der Waals surface area contributed by atoms with E-state index in [9.17, 15) is 4.79 Å². The van der Waals surface area contributed by atoms with E-state index in [1.165, 1.54) is 19.4 Å². The predicted octanol–water partition coefficient (Wildman–Crippen LogP) is -0.486. The SMILES string of the molecule is COC(CN)C(=O)N1CCN(CC2CC2)CC1. The monoisotopic (exact) mass is 241 g/mol. The van der Waals surface area contributed by atoms with Crippen molar-refractivity contribution in [3.05, 3.63) is 0 Å². The minimum atomic E-state index is -0.468. The number of nitrogens with zero attached hydrogens (tertiary/aromatic N) is 2. The molecule has 2 aliphatic rings. The molecule has 1 aliphatic heterocycles. The summed E-state index contributed by atoms with van der Waals surface area (Å²) in [5.41, 5.74) is 5.51. The zero-order chi connectivity index (χ0) is 12.3. The fourth-order valence-electron chi connectivity index (χ4n) is 2.32. The Bertz CT molecular complexity index is 256. The van der Waals surface area contributed by atoms with Crippen molar-refractivity contribution in [3.63, 3.8) is 0 Å². The Balaban J connectivity index is 1.75. The fourth-order valence-corrected chi connectivity index (χ4v) is 2.32. The second-order valence-electron chi connectivity index (χ2n) is 5.03. The largest absolute Gasteiger partial charge is 0.370 e. The van der Waals surface area contributed by atoms with Gasteiger partial charge >= 0.3 is 0 Å². The van der Waals surface area contributed by atoms with Crippen molar-refractivity contribution in [2.75, 3.05) is 46.4 Å². The highest BCUT2D eigenvalue weighted by molar-refractivity contribution is 5.81. The number of methoxy groups -OCH3 is 1. The summed E-state index contributed by atoms with van der Waals surface area (Å²) in [7, 11) is 1.54. The van der Waals surface area contributed by atoms with E-state index >= 15 is 0 Å². The van der Waals surface area contributed by atoms with Gasteiger partial charge in [0, 0.05) is 46.4 Å². The summed E-state index contributed by atoms with van der Waals surface area (Å²) in [5.74, 6) is 0.967. The van der Waals surface area contributed by atoms with Gasteiger partial charge in [0.05, 0.1) is 0 Å². The number of hydrogen-bond donors (Lipinski definition) is 1. The average Bonchev–Trinajstić information content (AvgIpc) is 3.15. The molecule has 17 heavy (non-hydrogen) atoms. The van der Waals surface area contributed by atoms with Crippen molar-refractivity contribution in [1.82, 2.24) is 9.80 Å². The number of rotatable bonds is 5. The minimum Gasteiger partial charge on any atom is -0.370 e. The summed E-state index contributed by atoms with van der Waals surface area (Å²) in [6, 6.07) is 0. The van der Waals surface area contributed by atoms with E-state index in [1.807, 2.05) is 4.90 Å². The van der Waals surface area contributed by atoms with Crippen LogP contribution in [-0.4, -0.2) is 68.2 Å². The number of amides is 1.